The number of piperidine rings is 1. The highest BCUT2D eigenvalue weighted by Gasteiger charge is 2.28. The Kier molecular flexibility index (Phi) is 6.94. The highest BCUT2D eigenvalue weighted by atomic mass is 32.2. The van der Waals surface area contributed by atoms with E-state index in [1.165, 1.54) is 24.3 Å². The van der Waals surface area contributed by atoms with Crippen LogP contribution in [0.2, 0.25) is 0 Å². The van der Waals surface area contributed by atoms with Crippen LogP contribution in [0.25, 0.3) is 0 Å². The fraction of sp³-hybridized carbons (Fsp3) is 0.364. The Hall–Kier alpha value is -2.94. The van der Waals surface area contributed by atoms with Gasteiger partial charge in [0.25, 0.3) is 5.91 Å². The molecular weight excluding hydrogens is 421 g/mol. The number of aryl methyl sites for hydroxylation is 1. The second-order valence-corrected chi connectivity index (χ2v) is 9.60. The van der Waals surface area contributed by atoms with E-state index in [-0.39, 0.29) is 24.4 Å². The van der Waals surface area contributed by atoms with E-state index in [0.717, 1.165) is 16.1 Å². The summed E-state index contributed by atoms with van der Waals surface area (Å²) in [4.78, 5) is 26.7. The molecule has 166 valence electrons. The maximum absolute atomic E-state index is 13.0. The second-order valence-electron chi connectivity index (χ2n) is 7.69. The van der Waals surface area contributed by atoms with Gasteiger partial charge in [0, 0.05) is 24.7 Å². The largest absolute Gasteiger partial charge is 0.349 e. The van der Waals surface area contributed by atoms with E-state index in [2.05, 4.69) is 5.32 Å². The molecule has 1 fully saturated rings. The van der Waals surface area contributed by atoms with E-state index >= 15 is 0 Å². The van der Waals surface area contributed by atoms with Crippen molar-refractivity contribution in [2.24, 2.45) is 0 Å². The van der Waals surface area contributed by atoms with Gasteiger partial charge in [-0.15, -0.1) is 0 Å². The van der Waals surface area contributed by atoms with Crippen LogP contribution in [0.3, 0.4) is 0 Å². The lowest BCUT2D eigenvalue weighted by Gasteiger charge is -2.34. The number of nitrogens with one attached hydrogen (secondary N) is 1. The maximum Gasteiger partial charge on any atom is 0.251 e. The molecule has 9 heteroatoms. The lowest BCUT2D eigenvalue weighted by molar-refractivity contribution is -0.130. The molecule has 0 atom stereocenters. The molecule has 1 heterocycles. The number of benzene rings is 2. The number of nitrogens with zero attached hydrogens (tertiary/aromatic N) is 2. The minimum absolute atomic E-state index is 0.107. The van der Waals surface area contributed by atoms with Gasteiger partial charge in [0.15, 0.2) is 0 Å². The van der Waals surface area contributed by atoms with Gasteiger partial charge in [-0.25, -0.2) is 12.8 Å². The number of hydrogen-bond donors (Lipinski definition) is 1. The Morgan fingerprint density at radius 1 is 1.10 bits per heavy atom. The van der Waals surface area contributed by atoms with Gasteiger partial charge < -0.3 is 10.2 Å². The molecule has 0 bridgehead atoms. The number of likely N-dealkylation sites (tertiary alicyclic amines) is 1. The van der Waals surface area contributed by atoms with Gasteiger partial charge in [0.05, 0.1) is 11.9 Å². The zero-order chi connectivity index (χ0) is 22.6. The Morgan fingerprint density at radius 3 is 2.29 bits per heavy atom. The summed E-state index contributed by atoms with van der Waals surface area (Å²) in [7, 11) is -3.63. The molecule has 0 aliphatic carbocycles. The number of hydrogen-bond acceptors (Lipinski definition) is 4. The van der Waals surface area contributed by atoms with Crippen molar-refractivity contribution in [1.82, 2.24) is 10.2 Å². The van der Waals surface area contributed by atoms with Crippen LogP contribution in [-0.2, 0) is 14.8 Å². The summed E-state index contributed by atoms with van der Waals surface area (Å²) in [5, 5.41) is 2.91. The van der Waals surface area contributed by atoms with Gasteiger partial charge in [0.1, 0.15) is 12.4 Å². The number of para-hydroxylation sites is 1. The zero-order valence-corrected chi connectivity index (χ0v) is 18.4. The van der Waals surface area contributed by atoms with Crippen LogP contribution in [0.5, 0.6) is 0 Å². The van der Waals surface area contributed by atoms with Gasteiger partial charge in [-0.05, 0) is 55.7 Å². The third-order valence-electron chi connectivity index (χ3n) is 5.35. The molecular formula is C22H26FN3O4S. The minimum atomic E-state index is -3.63. The molecule has 0 saturated carbocycles. The summed E-state index contributed by atoms with van der Waals surface area (Å²) in [6.45, 7) is 2.36. The molecule has 0 radical (unpaired) electrons. The van der Waals surface area contributed by atoms with Gasteiger partial charge in [0.2, 0.25) is 15.9 Å². The van der Waals surface area contributed by atoms with E-state index < -0.39 is 15.8 Å². The molecule has 7 nitrogen and oxygen atoms in total. The monoisotopic (exact) mass is 447 g/mol. The topological polar surface area (TPSA) is 86.8 Å². The second kappa shape index (κ2) is 9.47. The molecule has 0 unspecified atom stereocenters. The van der Waals surface area contributed by atoms with E-state index in [0.29, 0.717) is 37.2 Å². The first-order valence-electron chi connectivity index (χ1n) is 10.0. The first-order chi connectivity index (χ1) is 14.6. The van der Waals surface area contributed by atoms with Crippen molar-refractivity contribution in [2.45, 2.75) is 25.8 Å². The van der Waals surface area contributed by atoms with Crippen molar-refractivity contribution in [3.8, 4) is 0 Å². The SMILES string of the molecule is Cc1ccccc1N(CC(=O)N1CCC(NC(=O)c2ccc(F)cc2)CC1)S(C)(=O)=O. The predicted octanol–water partition coefficient (Wildman–Crippen LogP) is 2.32. The summed E-state index contributed by atoms with van der Waals surface area (Å²) in [6.07, 6.45) is 2.20. The summed E-state index contributed by atoms with van der Waals surface area (Å²) < 4.78 is 38.8. The Bertz CT molecular complexity index is 1050. The van der Waals surface area contributed by atoms with Crippen LogP contribution in [-0.4, -0.2) is 57.1 Å². The number of carbonyl (C=O) groups excluding carboxylic acids is 2. The first-order valence-corrected chi connectivity index (χ1v) is 11.9. The van der Waals surface area contributed by atoms with Gasteiger partial charge in [-0.2, -0.15) is 0 Å². The van der Waals surface area contributed by atoms with Crippen molar-refractivity contribution in [1.29, 1.82) is 0 Å². The van der Waals surface area contributed by atoms with Crippen LogP contribution >= 0.6 is 0 Å². The standard InChI is InChI=1S/C22H26FN3O4S/c1-16-5-3-4-6-20(16)26(31(2,29)30)15-21(27)25-13-11-19(12-14-25)24-22(28)17-7-9-18(23)10-8-17/h3-10,19H,11-15H2,1-2H3,(H,24,28). The highest BCUT2D eigenvalue weighted by Crippen LogP contribution is 2.22. The lowest BCUT2D eigenvalue weighted by atomic mass is 10.0. The smallest absolute Gasteiger partial charge is 0.251 e. The third-order valence-corrected chi connectivity index (χ3v) is 6.48. The molecule has 0 spiro atoms. The number of amides is 2. The van der Waals surface area contributed by atoms with Gasteiger partial charge in [-0.1, -0.05) is 18.2 Å². The van der Waals surface area contributed by atoms with Crippen LogP contribution in [0.1, 0.15) is 28.8 Å². The molecule has 1 aliphatic heterocycles. The number of rotatable bonds is 6. The molecule has 1 saturated heterocycles. The van der Waals surface area contributed by atoms with Gasteiger partial charge >= 0.3 is 0 Å². The van der Waals surface area contributed by atoms with Crippen molar-refractivity contribution in [2.75, 3.05) is 30.2 Å². The number of sulfonamides is 1. The number of anilines is 1. The third kappa shape index (κ3) is 5.81. The highest BCUT2D eigenvalue weighted by molar-refractivity contribution is 7.92. The number of halogens is 1. The van der Waals surface area contributed by atoms with Crippen molar-refractivity contribution in [3.63, 3.8) is 0 Å². The van der Waals surface area contributed by atoms with E-state index in [1.54, 1.807) is 30.0 Å². The minimum Gasteiger partial charge on any atom is -0.349 e. The Morgan fingerprint density at radius 2 is 1.71 bits per heavy atom. The van der Waals surface area contributed by atoms with Crippen LogP contribution < -0.4 is 9.62 Å². The molecule has 1 aliphatic rings. The maximum atomic E-state index is 13.0. The lowest BCUT2D eigenvalue weighted by Crippen LogP contribution is -2.49. The summed E-state index contributed by atoms with van der Waals surface area (Å²) in [5.74, 6) is -0.971. The van der Waals surface area contributed by atoms with Crippen molar-refractivity contribution >= 4 is 27.5 Å². The van der Waals surface area contributed by atoms with E-state index in [1.807, 2.05) is 6.07 Å². The van der Waals surface area contributed by atoms with E-state index in [4.69, 9.17) is 0 Å². The van der Waals surface area contributed by atoms with Crippen LogP contribution in [0.15, 0.2) is 48.5 Å². The average molecular weight is 448 g/mol. The Labute approximate surface area is 181 Å². The van der Waals surface area contributed by atoms with Crippen molar-refractivity contribution < 1.29 is 22.4 Å². The summed E-state index contributed by atoms with van der Waals surface area (Å²) >= 11 is 0. The van der Waals surface area contributed by atoms with Crippen molar-refractivity contribution in [3.05, 3.63) is 65.5 Å². The molecule has 31 heavy (non-hydrogen) atoms. The molecule has 2 amide bonds. The van der Waals surface area contributed by atoms with Crippen LogP contribution in [0, 0.1) is 12.7 Å². The Balaban J connectivity index is 1.58. The summed E-state index contributed by atoms with van der Waals surface area (Å²) in [6, 6.07) is 12.2. The molecule has 2 aromatic carbocycles. The average Bonchev–Trinajstić information content (AvgIpc) is 2.72. The zero-order valence-electron chi connectivity index (χ0n) is 17.5. The fourth-order valence-corrected chi connectivity index (χ4v) is 4.50. The fourth-order valence-electron chi connectivity index (χ4n) is 3.59. The van der Waals surface area contributed by atoms with E-state index in [9.17, 15) is 22.4 Å². The molecule has 3 rings (SSSR count). The molecule has 2 aromatic rings. The summed E-state index contributed by atoms with van der Waals surface area (Å²) in [5.41, 5.74) is 1.63. The van der Waals surface area contributed by atoms with Crippen LogP contribution in [0.4, 0.5) is 10.1 Å². The number of carbonyl (C=O) groups is 2. The predicted molar refractivity (Wildman–Crippen MR) is 117 cm³/mol. The molecule has 0 aromatic heterocycles. The first kappa shape index (κ1) is 22.7. The van der Waals surface area contributed by atoms with Gasteiger partial charge in [-0.3, -0.25) is 13.9 Å². The normalized spacial score (nSPS) is 14.9. The quantitative estimate of drug-likeness (QED) is 0.736. The molecule has 1 N–H and O–H groups in total.